The van der Waals surface area contributed by atoms with E-state index in [4.69, 9.17) is 9.47 Å². The van der Waals surface area contributed by atoms with Gasteiger partial charge < -0.3 is 9.47 Å². The molecule has 1 amide bonds. The van der Waals surface area contributed by atoms with Gasteiger partial charge in [0, 0.05) is 6.07 Å². The second-order valence-electron chi connectivity index (χ2n) is 4.72. The van der Waals surface area contributed by atoms with E-state index in [9.17, 15) is 19.7 Å². The highest BCUT2D eigenvalue weighted by Crippen LogP contribution is 2.26. The molecule has 0 atom stereocenters. The van der Waals surface area contributed by atoms with Crippen LogP contribution in [0.1, 0.15) is 22.3 Å². The molecule has 0 saturated heterocycles. The van der Waals surface area contributed by atoms with Gasteiger partial charge in [0.25, 0.3) is 5.91 Å². The van der Waals surface area contributed by atoms with E-state index in [2.05, 4.69) is 10.3 Å². The molecular formula is C15H15N3O6S. The summed E-state index contributed by atoms with van der Waals surface area (Å²) in [7, 11) is 0. The number of nitrogens with zero attached hydrogens (tertiary/aromatic N) is 2. The number of ether oxygens (including phenoxy) is 2. The van der Waals surface area contributed by atoms with Gasteiger partial charge in [-0.1, -0.05) is 23.5 Å². The highest BCUT2D eigenvalue weighted by Gasteiger charge is 2.19. The molecule has 10 heteroatoms. The van der Waals surface area contributed by atoms with Crippen LogP contribution < -0.4 is 10.1 Å². The fourth-order valence-corrected chi connectivity index (χ4v) is 2.74. The first-order valence-electron chi connectivity index (χ1n) is 7.23. The van der Waals surface area contributed by atoms with Gasteiger partial charge in [0.1, 0.15) is 4.88 Å². The van der Waals surface area contributed by atoms with Gasteiger partial charge in [-0.05, 0) is 19.9 Å². The predicted octanol–water partition coefficient (Wildman–Crippen LogP) is 2.55. The largest absolute Gasteiger partial charge is 0.477 e. The van der Waals surface area contributed by atoms with Crippen molar-refractivity contribution >= 4 is 34.0 Å². The van der Waals surface area contributed by atoms with E-state index in [1.165, 1.54) is 18.2 Å². The van der Waals surface area contributed by atoms with Gasteiger partial charge in [0.05, 0.1) is 17.2 Å². The van der Waals surface area contributed by atoms with Crippen LogP contribution in [0.15, 0.2) is 24.3 Å². The second-order valence-corrected chi connectivity index (χ2v) is 5.71. The number of aryl methyl sites for hydroxylation is 1. The Morgan fingerprint density at radius 3 is 2.76 bits per heavy atom. The third-order valence-electron chi connectivity index (χ3n) is 2.92. The van der Waals surface area contributed by atoms with Gasteiger partial charge in [-0.15, -0.1) is 0 Å². The molecule has 0 aliphatic carbocycles. The summed E-state index contributed by atoms with van der Waals surface area (Å²) in [6, 6.07) is 5.75. The van der Waals surface area contributed by atoms with E-state index in [-0.39, 0.29) is 23.2 Å². The van der Waals surface area contributed by atoms with E-state index in [0.717, 1.165) is 11.3 Å². The molecule has 1 heterocycles. The second kappa shape index (κ2) is 8.20. The number of amides is 1. The van der Waals surface area contributed by atoms with Crippen LogP contribution in [0.25, 0.3) is 0 Å². The maximum Gasteiger partial charge on any atom is 0.350 e. The van der Waals surface area contributed by atoms with Gasteiger partial charge in [-0.25, -0.2) is 9.78 Å². The number of esters is 1. The minimum Gasteiger partial charge on any atom is -0.477 e. The van der Waals surface area contributed by atoms with Gasteiger partial charge in [0.2, 0.25) is 0 Å². The zero-order chi connectivity index (χ0) is 18.4. The molecule has 0 aliphatic heterocycles. The summed E-state index contributed by atoms with van der Waals surface area (Å²) in [5, 5.41) is 13.6. The van der Waals surface area contributed by atoms with Crippen molar-refractivity contribution in [2.45, 2.75) is 13.8 Å². The van der Waals surface area contributed by atoms with E-state index in [1.54, 1.807) is 19.9 Å². The highest BCUT2D eigenvalue weighted by molar-refractivity contribution is 7.17. The quantitative estimate of drug-likeness (QED) is 0.455. The zero-order valence-corrected chi connectivity index (χ0v) is 14.3. The normalized spacial score (nSPS) is 10.2. The number of nitrogens with one attached hydrogen (secondary N) is 1. The molecule has 2 aromatic rings. The van der Waals surface area contributed by atoms with Crippen LogP contribution in [0, 0.1) is 17.0 Å². The standard InChI is InChI=1S/C15H15N3O6S/c1-3-23-14(20)13-9(2)16-15(25-13)17-12(19)8-24-11-7-5-4-6-10(11)18(21)22/h4-7H,3,8H2,1-2H3,(H,16,17,19). The molecule has 25 heavy (non-hydrogen) atoms. The van der Waals surface area contributed by atoms with Gasteiger partial charge >= 0.3 is 11.7 Å². The smallest absolute Gasteiger partial charge is 0.350 e. The summed E-state index contributed by atoms with van der Waals surface area (Å²) in [5.41, 5.74) is 0.211. The lowest BCUT2D eigenvalue weighted by Crippen LogP contribution is -2.20. The lowest BCUT2D eigenvalue weighted by atomic mass is 10.3. The molecule has 0 radical (unpaired) electrons. The number of nitro groups is 1. The molecule has 0 saturated carbocycles. The Morgan fingerprint density at radius 2 is 2.08 bits per heavy atom. The average molecular weight is 365 g/mol. The fraction of sp³-hybridized carbons (Fsp3) is 0.267. The van der Waals surface area contributed by atoms with Crippen molar-refractivity contribution < 1.29 is 24.0 Å². The number of carbonyl (C=O) groups excluding carboxylic acids is 2. The third kappa shape index (κ3) is 4.73. The SMILES string of the molecule is CCOC(=O)c1sc(NC(=O)COc2ccccc2[N+](=O)[O-])nc1C. The number of hydrogen-bond acceptors (Lipinski definition) is 8. The zero-order valence-electron chi connectivity index (χ0n) is 13.5. The highest BCUT2D eigenvalue weighted by atomic mass is 32.1. The molecule has 0 fully saturated rings. The Kier molecular flexibility index (Phi) is 6.01. The van der Waals surface area contributed by atoms with Crippen LogP contribution in [0.2, 0.25) is 0 Å². The van der Waals surface area contributed by atoms with Crippen molar-refractivity contribution in [1.29, 1.82) is 0 Å². The summed E-state index contributed by atoms with van der Waals surface area (Å²) >= 11 is 0.984. The number of nitro benzene ring substituents is 1. The van der Waals surface area contributed by atoms with Crippen molar-refractivity contribution in [2.75, 3.05) is 18.5 Å². The number of thiazole rings is 1. The average Bonchev–Trinajstić information content (AvgIpc) is 2.93. The Hall–Kier alpha value is -3.01. The first kappa shape index (κ1) is 18.3. The number of hydrogen-bond donors (Lipinski definition) is 1. The van der Waals surface area contributed by atoms with Crippen molar-refractivity contribution in [3.8, 4) is 5.75 Å². The minimum absolute atomic E-state index is 0.00909. The predicted molar refractivity (Wildman–Crippen MR) is 90.0 cm³/mol. The van der Waals surface area contributed by atoms with Crippen molar-refractivity contribution in [2.24, 2.45) is 0 Å². The molecular weight excluding hydrogens is 350 g/mol. The summed E-state index contributed by atoms with van der Waals surface area (Å²) in [6.45, 7) is 3.12. The van der Waals surface area contributed by atoms with Crippen LogP contribution in [0.3, 0.4) is 0 Å². The third-order valence-corrected chi connectivity index (χ3v) is 3.98. The van der Waals surface area contributed by atoms with Crippen molar-refractivity contribution in [1.82, 2.24) is 4.98 Å². The molecule has 1 aromatic heterocycles. The summed E-state index contributed by atoms with van der Waals surface area (Å²) in [5.74, 6) is -1.07. The molecule has 1 aromatic carbocycles. The fourth-order valence-electron chi connectivity index (χ4n) is 1.86. The molecule has 132 valence electrons. The lowest BCUT2D eigenvalue weighted by Gasteiger charge is -2.06. The maximum atomic E-state index is 11.9. The number of anilines is 1. The molecule has 0 unspecified atom stereocenters. The summed E-state index contributed by atoms with van der Waals surface area (Å²) in [4.78, 5) is 38.3. The number of para-hydroxylation sites is 2. The van der Waals surface area contributed by atoms with Crippen LogP contribution in [-0.4, -0.2) is 35.0 Å². The molecule has 0 spiro atoms. The summed E-state index contributed by atoms with van der Waals surface area (Å²) in [6.07, 6.45) is 0. The molecule has 2 rings (SSSR count). The molecule has 0 aliphatic rings. The van der Waals surface area contributed by atoms with E-state index >= 15 is 0 Å². The van der Waals surface area contributed by atoms with Crippen LogP contribution in [-0.2, 0) is 9.53 Å². The number of carbonyl (C=O) groups is 2. The topological polar surface area (TPSA) is 121 Å². The first-order valence-corrected chi connectivity index (χ1v) is 8.04. The van der Waals surface area contributed by atoms with Crippen LogP contribution in [0.5, 0.6) is 5.75 Å². The maximum absolute atomic E-state index is 11.9. The Bertz CT molecular complexity index is 804. The minimum atomic E-state index is -0.594. The molecule has 0 bridgehead atoms. The number of rotatable bonds is 7. The summed E-state index contributed by atoms with van der Waals surface area (Å²) < 4.78 is 10.1. The van der Waals surface area contributed by atoms with E-state index in [1.807, 2.05) is 0 Å². The lowest BCUT2D eigenvalue weighted by molar-refractivity contribution is -0.385. The van der Waals surface area contributed by atoms with Gasteiger partial charge in [-0.2, -0.15) is 0 Å². The van der Waals surface area contributed by atoms with Crippen molar-refractivity contribution in [3.05, 3.63) is 45.0 Å². The monoisotopic (exact) mass is 365 g/mol. The number of benzene rings is 1. The van der Waals surface area contributed by atoms with Gasteiger partial charge in [-0.3, -0.25) is 20.2 Å². The Labute approximate surface area is 146 Å². The Morgan fingerprint density at radius 1 is 1.36 bits per heavy atom. The van der Waals surface area contributed by atoms with E-state index in [0.29, 0.717) is 10.6 Å². The molecule has 9 nitrogen and oxygen atoms in total. The van der Waals surface area contributed by atoms with Gasteiger partial charge in [0.15, 0.2) is 17.5 Å². The number of aromatic nitrogens is 1. The van der Waals surface area contributed by atoms with Crippen molar-refractivity contribution in [3.63, 3.8) is 0 Å². The van der Waals surface area contributed by atoms with E-state index < -0.39 is 23.4 Å². The first-order chi connectivity index (χ1) is 11.9. The Balaban J connectivity index is 1.98. The van der Waals surface area contributed by atoms with Crippen LogP contribution >= 0.6 is 11.3 Å². The van der Waals surface area contributed by atoms with Crippen LogP contribution in [0.4, 0.5) is 10.8 Å². The molecule has 1 N–H and O–H groups in total.